The van der Waals surface area contributed by atoms with E-state index in [4.69, 9.17) is 4.99 Å². The summed E-state index contributed by atoms with van der Waals surface area (Å²) in [6, 6.07) is 93.6. The number of hydrogen-bond donors (Lipinski definition) is 1. The number of rotatable bonds is 13. The number of allylic oxidation sites excluding steroid dienone is 1. The number of benzene rings is 9. The lowest BCUT2D eigenvalue weighted by Crippen LogP contribution is -2.74. The van der Waals surface area contributed by atoms with Crippen LogP contribution in [0.5, 0.6) is 0 Å². The molecular formula is C58H46N2Si2. The van der Waals surface area contributed by atoms with Gasteiger partial charge >= 0.3 is 0 Å². The van der Waals surface area contributed by atoms with Gasteiger partial charge in [0.25, 0.3) is 0 Å². The Morgan fingerprint density at radius 3 is 0.968 bits per heavy atom. The number of aliphatic imine (C=N–C) groups is 1. The number of hydrogen-bond acceptors (Lipinski definition) is 2. The molecule has 9 aromatic carbocycles. The van der Waals surface area contributed by atoms with E-state index in [1.165, 1.54) is 41.5 Å². The van der Waals surface area contributed by atoms with Crippen molar-refractivity contribution in [2.45, 2.75) is 0 Å². The summed E-state index contributed by atoms with van der Waals surface area (Å²) in [4.78, 5) is 5.20. The minimum absolute atomic E-state index is 0.396. The minimum Gasteiger partial charge on any atom is -0.300 e. The molecule has 0 saturated carbocycles. The third kappa shape index (κ3) is 7.81. The predicted molar refractivity (Wildman–Crippen MR) is 269 cm³/mol. The molecule has 0 aromatic heterocycles. The maximum absolute atomic E-state index is 9.86. The molecule has 0 saturated heterocycles. The second-order valence-electron chi connectivity index (χ2n) is 15.5. The van der Waals surface area contributed by atoms with E-state index in [1.807, 2.05) is 30.5 Å². The standard InChI is InChI=1S/C58H46N2Si2/c59-57(47-26-22-40-55(42-47)61(49-28-10-2-11-29-49,50-30-12-3-13-31-50)51-32-14-4-15-33-51)44-58(60-45-46-24-8-1-9-25-46)48-27-23-41-56(43-48)62(52-34-16-5-17-35-52,53-36-18-6-19-37-53)54-38-20-7-21-39-54/h1-45,59H/b58-44-,59-57?,60-45?. The Balaban J connectivity index is 1.22. The molecule has 4 heteroatoms. The van der Waals surface area contributed by atoms with Gasteiger partial charge in [0.05, 0.1) is 11.4 Å². The second kappa shape index (κ2) is 18.4. The Bertz CT molecular complexity index is 2740. The molecule has 0 atom stereocenters. The van der Waals surface area contributed by atoms with E-state index in [2.05, 4.69) is 243 Å². The van der Waals surface area contributed by atoms with Gasteiger partial charge in [0.15, 0.2) is 16.1 Å². The first-order valence-corrected chi connectivity index (χ1v) is 25.1. The average Bonchev–Trinajstić information content (AvgIpc) is 3.36. The monoisotopic (exact) mass is 826 g/mol. The molecule has 62 heavy (non-hydrogen) atoms. The van der Waals surface area contributed by atoms with Crippen molar-refractivity contribution in [3.05, 3.63) is 284 Å². The Morgan fingerprint density at radius 2 is 0.613 bits per heavy atom. The molecule has 9 aromatic rings. The van der Waals surface area contributed by atoms with Crippen LogP contribution >= 0.6 is 0 Å². The Kier molecular flexibility index (Phi) is 11.9. The lowest BCUT2D eigenvalue weighted by molar-refractivity contribution is 1.47. The van der Waals surface area contributed by atoms with Crippen molar-refractivity contribution in [3.8, 4) is 0 Å². The van der Waals surface area contributed by atoms with Crippen molar-refractivity contribution in [3.63, 3.8) is 0 Å². The molecule has 0 bridgehead atoms. The van der Waals surface area contributed by atoms with Crippen LogP contribution in [0, 0.1) is 5.41 Å². The van der Waals surface area contributed by atoms with Gasteiger partial charge in [0.2, 0.25) is 0 Å². The van der Waals surface area contributed by atoms with E-state index in [0.29, 0.717) is 5.71 Å². The summed E-state index contributed by atoms with van der Waals surface area (Å²) in [5, 5.41) is 20.1. The maximum Gasteiger partial charge on any atom is 0.179 e. The van der Waals surface area contributed by atoms with Crippen LogP contribution < -0.4 is 41.5 Å². The van der Waals surface area contributed by atoms with Crippen LogP contribution in [0.15, 0.2) is 272 Å². The lowest BCUT2D eigenvalue weighted by Gasteiger charge is -2.34. The van der Waals surface area contributed by atoms with E-state index in [0.717, 1.165) is 22.4 Å². The fraction of sp³-hybridized carbons (Fsp3) is 0. The third-order valence-electron chi connectivity index (χ3n) is 11.9. The summed E-state index contributed by atoms with van der Waals surface area (Å²) in [5.41, 5.74) is 3.91. The lowest BCUT2D eigenvalue weighted by atomic mass is 10.1. The predicted octanol–water partition coefficient (Wildman–Crippen LogP) is 7.97. The number of nitrogens with zero attached hydrogens (tertiary/aromatic N) is 1. The van der Waals surface area contributed by atoms with Gasteiger partial charge < -0.3 is 5.41 Å². The molecule has 1 N–H and O–H groups in total. The summed E-state index contributed by atoms with van der Waals surface area (Å²) >= 11 is 0. The zero-order valence-corrected chi connectivity index (χ0v) is 36.4. The molecule has 0 spiro atoms. The Labute approximate surface area is 367 Å². The normalized spacial score (nSPS) is 12.0. The van der Waals surface area contributed by atoms with Gasteiger partial charge in [-0.25, -0.2) is 0 Å². The van der Waals surface area contributed by atoms with E-state index in [1.54, 1.807) is 0 Å². The Morgan fingerprint density at radius 1 is 0.323 bits per heavy atom. The van der Waals surface area contributed by atoms with Crippen LogP contribution in [0.4, 0.5) is 0 Å². The highest BCUT2D eigenvalue weighted by Crippen LogP contribution is 2.20. The summed E-state index contributed by atoms with van der Waals surface area (Å²) in [7, 11) is -5.63. The van der Waals surface area contributed by atoms with Crippen LogP contribution in [-0.2, 0) is 0 Å². The minimum atomic E-state index is -2.82. The molecule has 9 rings (SSSR count). The van der Waals surface area contributed by atoms with Gasteiger partial charge in [-0.2, -0.15) is 0 Å². The van der Waals surface area contributed by atoms with Crippen LogP contribution in [0.2, 0.25) is 0 Å². The van der Waals surface area contributed by atoms with Crippen molar-refractivity contribution >= 4 is 75.3 Å². The van der Waals surface area contributed by atoms with E-state index < -0.39 is 16.1 Å². The summed E-state index contributed by atoms with van der Waals surface area (Å²) < 4.78 is 0. The second-order valence-corrected chi connectivity index (χ2v) is 23.1. The zero-order valence-electron chi connectivity index (χ0n) is 34.4. The van der Waals surface area contributed by atoms with Crippen molar-refractivity contribution in [1.82, 2.24) is 0 Å². The summed E-state index contributed by atoms with van der Waals surface area (Å²) in [6.07, 6.45) is 3.86. The smallest absolute Gasteiger partial charge is 0.179 e. The molecule has 0 aliphatic rings. The average molecular weight is 827 g/mol. The fourth-order valence-corrected chi connectivity index (χ4v) is 18.7. The van der Waals surface area contributed by atoms with Gasteiger partial charge in [-0.05, 0) is 58.7 Å². The molecule has 0 fully saturated rings. The first kappa shape index (κ1) is 39.9. The van der Waals surface area contributed by atoms with Gasteiger partial charge in [-0.3, -0.25) is 4.99 Å². The highest BCUT2D eigenvalue weighted by atomic mass is 28.3. The molecule has 0 heterocycles. The highest BCUT2D eigenvalue weighted by Gasteiger charge is 2.42. The SMILES string of the molecule is N=C(/C=C(\N=Cc1ccccc1)c1cccc([Si](c2ccccc2)(c2ccccc2)c2ccccc2)c1)c1cccc([Si](c2ccccc2)(c2ccccc2)c2ccccc2)c1. The van der Waals surface area contributed by atoms with Crippen LogP contribution in [0.25, 0.3) is 5.70 Å². The van der Waals surface area contributed by atoms with Gasteiger partial charge in [-0.15, -0.1) is 0 Å². The van der Waals surface area contributed by atoms with Crippen LogP contribution in [0.3, 0.4) is 0 Å². The molecule has 0 aliphatic heterocycles. The highest BCUT2D eigenvalue weighted by molar-refractivity contribution is 7.20. The molecular weight excluding hydrogens is 781 g/mol. The van der Waals surface area contributed by atoms with E-state index in [-0.39, 0.29) is 0 Å². The number of nitrogens with one attached hydrogen (secondary N) is 1. The van der Waals surface area contributed by atoms with Crippen molar-refractivity contribution in [2.75, 3.05) is 0 Å². The topological polar surface area (TPSA) is 36.2 Å². The first-order valence-electron chi connectivity index (χ1n) is 21.1. The maximum atomic E-state index is 9.86. The summed E-state index contributed by atoms with van der Waals surface area (Å²) in [6.45, 7) is 0. The Hall–Kier alpha value is -7.51. The summed E-state index contributed by atoms with van der Waals surface area (Å²) in [5.74, 6) is 0. The van der Waals surface area contributed by atoms with E-state index >= 15 is 0 Å². The van der Waals surface area contributed by atoms with Gasteiger partial charge in [0, 0.05) is 11.8 Å². The largest absolute Gasteiger partial charge is 0.300 e. The first-order chi connectivity index (χ1) is 30.7. The fourth-order valence-electron chi connectivity index (χ4n) is 9.06. The van der Waals surface area contributed by atoms with E-state index in [9.17, 15) is 5.41 Å². The van der Waals surface area contributed by atoms with Crippen molar-refractivity contribution in [1.29, 1.82) is 5.41 Å². The van der Waals surface area contributed by atoms with Crippen LogP contribution in [-0.4, -0.2) is 28.1 Å². The molecule has 2 nitrogen and oxygen atoms in total. The zero-order chi connectivity index (χ0) is 42.0. The van der Waals surface area contributed by atoms with Crippen molar-refractivity contribution < 1.29 is 0 Å². The molecule has 0 radical (unpaired) electrons. The van der Waals surface area contributed by atoms with Gasteiger partial charge in [-0.1, -0.05) is 261 Å². The third-order valence-corrected chi connectivity index (χ3v) is 21.4. The van der Waals surface area contributed by atoms with Crippen molar-refractivity contribution in [2.24, 2.45) is 4.99 Å². The van der Waals surface area contributed by atoms with Crippen LogP contribution in [0.1, 0.15) is 16.7 Å². The quantitative estimate of drug-likeness (QED) is 0.0697. The molecule has 0 aliphatic carbocycles. The molecule has 0 amide bonds. The molecule has 0 unspecified atom stereocenters. The molecule has 296 valence electrons. The van der Waals surface area contributed by atoms with Gasteiger partial charge in [0.1, 0.15) is 0 Å².